The second kappa shape index (κ2) is 5.59. The third kappa shape index (κ3) is 2.80. The van der Waals surface area contributed by atoms with E-state index in [2.05, 4.69) is 10.1 Å². The van der Waals surface area contributed by atoms with Crippen LogP contribution in [0.2, 0.25) is 0 Å². The molecule has 2 aromatic heterocycles. The van der Waals surface area contributed by atoms with Gasteiger partial charge in [-0.3, -0.25) is 4.79 Å². The van der Waals surface area contributed by atoms with Crippen LogP contribution >= 0.6 is 0 Å². The van der Waals surface area contributed by atoms with E-state index in [0.29, 0.717) is 0 Å². The number of hydrogen-bond acceptors (Lipinski definition) is 3. The van der Waals surface area contributed by atoms with Gasteiger partial charge >= 0.3 is 6.18 Å². The van der Waals surface area contributed by atoms with Gasteiger partial charge in [0.25, 0.3) is 5.91 Å². The maximum Gasteiger partial charge on any atom is 0.433 e. The van der Waals surface area contributed by atoms with Crippen molar-refractivity contribution in [1.82, 2.24) is 14.8 Å². The van der Waals surface area contributed by atoms with Gasteiger partial charge in [0.2, 0.25) is 0 Å². The zero-order chi connectivity index (χ0) is 17.5. The van der Waals surface area contributed by atoms with Gasteiger partial charge in [-0.25, -0.2) is 14.1 Å². The molecule has 1 aromatic carbocycles. The highest BCUT2D eigenvalue weighted by atomic mass is 19.4. The number of carbonyl (C=O) groups excluding carboxylic acids is 1. The normalized spacial score (nSPS) is 11.8. The lowest BCUT2D eigenvalue weighted by molar-refractivity contribution is -0.141. The van der Waals surface area contributed by atoms with E-state index in [1.807, 2.05) is 0 Å². The van der Waals surface area contributed by atoms with Crippen LogP contribution in [-0.2, 0) is 12.7 Å². The molecular formula is C15H10F4N4O. The fraction of sp³-hybridized carbons (Fsp3) is 0.133. The quantitative estimate of drug-likeness (QED) is 0.746. The molecule has 0 saturated heterocycles. The Morgan fingerprint density at radius 1 is 1.17 bits per heavy atom. The maximum absolute atomic E-state index is 13.8. The Morgan fingerprint density at radius 3 is 2.50 bits per heavy atom. The molecule has 0 aliphatic rings. The first-order chi connectivity index (χ1) is 11.3. The highest BCUT2D eigenvalue weighted by Crippen LogP contribution is 2.30. The largest absolute Gasteiger partial charge is 0.433 e. The van der Waals surface area contributed by atoms with Crippen molar-refractivity contribution in [2.24, 2.45) is 5.73 Å². The number of primary amides is 1. The Bertz CT molecular complexity index is 933. The molecule has 124 valence electrons. The average Bonchev–Trinajstić information content (AvgIpc) is 2.87. The number of nitrogens with zero attached hydrogens (tertiary/aromatic N) is 3. The van der Waals surface area contributed by atoms with E-state index in [0.717, 1.165) is 16.8 Å². The minimum absolute atomic E-state index is 0.0758. The summed E-state index contributed by atoms with van der Waals surface area (Å²) >= 11 is 0. The second-order valence-corrected chi connectivity index (χ2v) is 5.03. The van der Waals surface area contributed by atoms with Gasteiger partial charge in [-0.2, -0.15) is 18.3 Å². The number of fused-ring (bicyclic) bond motifs is 1. The number of halogens is 4. The van der Waals surface area contributed by atoms with Crippen molar-refractivity contribution in [2.45, 2.75) is 12.7 Å². The summed E-state index contributed by atoms with van der Waals surface area (Å²) in [7, 11) is 0. The molecule has 3 aromatic rings. The minimum Gasteiger partial charge on any atom is -0.364 e. The van der Waals surface area contributed by atoms with Crippen LogP contribution in [0.5, 0.6) is 0 Å². The molecule has 9 heteroatoms. The lowest BCUT2D eigenvalue weighted by atomic mass is 10.2. The lowest BCUT2D eigenvalue weighted by Crippen LogP contribution is -2.13. The molecule has 2 heterocycles. The van der Waals surface area contributed by atoms with Crippen molar-refractivity contribution in [2.75, 3.05) is 0 Å². The molecule has 0 atom stereocenters. The number of benzene rings is 1. The maximum atomic E-state index is 13.8. The Labute approximate surface area is 132 Å². The molecule has 0 unspecified atom stereocenters. The number of aromatic nitrogens is 3. The fourth-order valence-corrected chi connectivity index (χ4v) is 2.29. The monoisotopic (exact) mass is 338 g/mol. The van der Waals surface area contributed by atoms with Crippen molar-refractivity contribution in [3.8, 4) is 0 Å². The molecule has 0 aliphatic heterocycles. The van der Waals surface area contributed by atoms with Crippen LogP contribution in [-0.4, -0.2) is 20.7 Å². The van der Waals surface area contributed by atoms with Crippen LogP contribution < -0.4 is 5.73 Å². The van der Waals surface area contributed by atoms with Gasteiger partial charge in [0.05, 0.1) is 11.9 Å². The van der Waals surface area contributed by atoms with Gasteiger partial charge in [-0.1, -0.05) is 18.2 Å². The molecule has 0 saturated carbocycles. The fourth-order valence-electron chi connectivity index (χ4n) is 2.29. The van der Waals surface area contributed by atoms with Gasteiger partial charge in [0.1, 0.15) is 11.5 Å². The van der Waals surface area contributed by atoms with Crippen LogP contribution in [0.25, 0.3) is 11.0 Å². The molecule has 0 spiro atoms. The minimum atomic E-state index is -4.66. The van der Waals surface area contributed by atoms with Gasteiger partial charge in [-0.15, -0.1) is 0 Å². The SMILES string of the molecule is NC(=O)c1nn(Cc2ccccc2F)c2nc(C(F)(F)F)ccc12. The van der Waals surface area contributed by atoms with Crippen molar-refractivity contribution in [3.05, 3.63) is 59.2 Å². The van der Waals surface area contributed by atoms with Gasteiger partial charge in [-0.05, 0) is 18.2 Å². The van der Waals surface area contributed by atoms with E-state index in [-0.39, 0.29) is 28.8 Å². The standard InChI is InChI=1S/C15H10F4N4O/c16-10-4-2-1-3-8(10)7-23-14-9(12(22-23)13(20)24)5-6-11(21-14)15(17,18)19/h1-6H,7H2,(H2,20,24). The third-order valence-corrected chi connectivity index (χ3v) is 3.40. The van der Waals surface area contributed by atoms with E-state index in [4.69, 9.17) is 5.73 Å². The Balaban J connectivity index is 2.18. The van der Waals surface area contributed by atoms with Gasteiger partial charge in [0.15, 0.2) is 11.3 Å². The molecule has 0 aliphatic carbocycles. The molecule has 2 N–H and O–H groups in total. The van der Waals surface area contributed by atoms with E-state index < -0.39 is 23.6 Å². The smallest absolute Gasteiger partial charge is 0.364 e. The highest BCUT2D eigenvalue weighted by Gasteiger charge is 2.33. The third-order valence-electron chi connectivity index (χ3n) is 3.40. The zero-order valence-corrected chi connectivity index (χ0v) is 12.0. The summed E-state index contributed by atoms with van der Waals surface area (Å²) in [4.78, 5) is 15.0. The number of hydrogen-bond donors (Lipinski definition) is 1. The summed E-state index contributed by atoms with van der Waals surface area (Å²) < 4.78 is 53.4. The molecule has 24 heavy (non-hydrogen) atoms. The average molecular weight is 338 g/mol. The molecule has 0 radical (unpaired) electrons. The molecule has 0 fully saturated rings. The van der Waals surface area contributed by atoms with Crippen molar-refractivity contribution in [3.63, 3.8) is 0 Å². The van der Waals surface area contributed by atoms with E-state index >= 15 is 0 Å². The predicted molar refractivity (Wildman–Crippen MR) is 76.5 cm³/mol. The summed E-state index contributed by atoms with van der Waals surface area (Å²) in [5.74, 6) is -1.46. The van der Waals surface area contributed by atoms with Crippen LogP contribution in [0.1, 0.15) is 21.7 Å². The van der Waals surface area contributed by atoms with Gasteiger partial charge < -0.3 is 5.73 Å². The van der Waals surface area contributed by atoms with Gasteiger partial charge in [0, 0.05) is 5.56 Å². The van der Waals surface area contributed by atoms with E-state index in [9.17, 15) is 22.4 Å². The molecular weight excluding hydrogens is 328 g/mol. The predicted octanol–water partition coefficient (Wildman–Crippen LogP) is 2.74. The van der Waals surface area contributed by atoms with E-state index in [1.54, 1.807) is 6.07 Å². The number of pyridine rings is 1. The summed E-state index contributed by atoms with van der Waals surface area (Å²) in [6.07, 6.45) is -4.66. The number of carbonyl (C=O) groups is 1. The van der Waals surface area contributed by atoms with Crippen LogP contribution in [0.3, 0.4) is 0 Å². The lowest BCUT2D eigenvalue weighted by Gasteiger charge is -2.07. The first-order valence-corrected chi connectivity index (χ1v) is 6.75. The topological polar surface area (TPSA) is 73.8 Å². The number of rotatable bonds is 3. The van der Waals surface area contributed by atoms with Crippen LogP contribution in [0.15, 0.2) is 36.4 Å². The molecule has 0 bridgehead atoms. The second-order valence-electron chi connectivity index (χ2n) is 5.03. The highest BCUT2D eigenvalue weighted by molar-refractivity contribution is 6.03. The Kier molecular flexibility index (Phi) is 3.70. The molecule has 5 nitrogen and oxygen atoms in total. The summed E-state index contributed by atoms with van der Waals surface area (Å²) in [6.45, 7) is -0.190. The summed E-state index contributed by atoms with van der Waals surface area (Å²) in [5, 5.41) is 3.97. The summed E-state index contributed by atoms with van der Waals surface area (Å²) in [5.41, 5.74) is 3.84. The first kappa shape index (κ1) is 15.9. The molecule has 1 amide bonds. The van der Waals surface area contributed by atoms with Crippen LogP contribution in [0.4, 0.5) is 17.6 Å². The Morgan fingerprint density at radius 2 is 1.88 bits per heavy atom. The number of alkyl halides is 3. The number of amides is 1. The Hall–Kier alpha value is -2.97. The van der Waals surface area contributed by atoms with Crippen molar-refractivity contribution < 1.29 is 22.4 Å². The molecule has 3 rings (SSSR count). The van der Waals surface area contributed by atoms with Crippen LogP contribution in [0, 0.1) is 5.82 Å². The van der Waals surface area contributed by atoms with Crippen molar-refractivity contribution >= 4 is 16.9 Å². The van der Waals surface area contributed by atoms with E-state index in [1.165, 1.54) is 18.2 Å². The first-order valence-electron chi connectivity index (χ1n) is 6.75. The van der Waals surface area contributed by atoms with Crippen molar-refractivity contribution in [1.29, 1.82) is 0 Å². The number of nitrogens with two attached hydrogens (primary N) is 1. The summed E-state index contributed by atoms with van der Waals surface area (Å²) in [6, 6.07) is 7.55. The zero-order valence-electron chi connectivity index (χ0n) is 12.0.